The number of amides is 1. The van der Waals surface area contributed by atoms with Crippen LogP contribution >= 0.6 is 34.5 Å². The van der Waals surface area contributed by atoms with Crippen LogP contribution in [0.5, 0.6) is 0 Å². The van der Waals surface area contributed by atoms with Gasteiger partial charge in [0.15, 0.2) is 5.13 Å². The number of halogens is 2. The molecule has 1 unspecified atom stereocenters. The van der Waals surface area contributed by atoms with Gasteiger partial charge in [0.05, 0.1) is 17.7 Å². The van der Waals surface area contributed by atoms with Gasteiger partial charge in [0.25, 0.3) is 0 Å². The molecule has 0 spiro atoms. The molecule has 0 bridgehead atoms. The first kappa shape index (κ1) is 16.5. The minimum Gasteiger partial charge on any atom is -0.462 e. The lowest BCUT2D eigenvalue weighted by atomic mass is 10.1. The molecule has 116 valence electrons. The molecular weight excluding hydrogens is 335 g/mol. The molecule has 1 amide bonds. The minimum atomic E-state index is -1.03. The van der Waals surface area contributed by atoms with Crippen molar-refractivity contribution >= 4 is 51.5 Å². The van der Waals surface area contributed by atoms with Gasteiger partial charge >= 0.3 is 5.97 Å². The summed E-state index contributed by atoms with van der Waals surface area (Å²) in [7, 11) is 1.60. The molecule has 1 atom stereocenters. The Hall–Kier alpha value is -0.850. The predicted molar refractivity (Wildman–Crippen MR) is 83.4 cm³/mol. The number of carbonyl (C=O) groups excluding carboxylic acids is 2. The molecule has 0 saturated heterocycles. The number of aryl methyl sites for hydroxylation is 1. The Balaban J connectivity index is 2.21. The van der Waals surface area contributed by atoms with E-state index in [-0.39, 0.29) is 5.91 Å². The fourth-order valence-electron chi connectivity index (χ4n) is 2.00. The molecule has 1 aromatic rings. The average molecular weight is 351 g/mol. The summed E-state index contributed by atoms with van der Waals surface area (Å²) in [5.74, 6) is -0.641. The fraction of sp³-hybridized carbons (Fsp3) is 0.615. The van der Waals surface area contributed by atoms with Crippen LogP contribution in [0.4, 0.5) is 5.13 Å². The van der Waals surface area contributed by atoms with Gasteiger partial charge in [-0.05, 0) is 27.2 Å². The first-order valence-corrected chi connectivity index (χ1v) is 8.02. The molecule has 21 heavy (non-hydrogen) atoms. The fourth-order valence-corrected chi connectivity index (χ4v) is 3.62. The normalized spacial score (nSPS) is 22.8. The molecular formula is C13H16Cl2N2O3S. The van der Waals surface area contributed by atoms with Crippen molar-refractivity contribution in [2.24, 2.45) is 5.41 Å². The number of aromatic nitrogens is 1. The van der Waals surface area contributed by atoms with Crippen molar-refractivity contribution < 1.29 is 14.3 Å². The van der Waals surface area contributed by atoms with Crippen molar-refractivity contribution in [3.05, 3.63) is 10.6 Å². The molecule has 8 heteroatoms. The molecule has 0 aromatic carbocycles. The molecule has 1 aromatic heterocycles. The number of esters is 1. The monoisotopic (exact) mass is 350 g/mol. The third kappa shape index (κ3) is 2.76. The van der Waals surface area contributed by atoms with Crippen molar-refractivity contribution in [2.45, 2.75) is 31.5 Å². The second kappa shape index (κ2) is 5.41. The van der Waals surface area contributed by atoms with E-state index in [1.165, 1.54) is 4.90 Å². The summed E-state index contributed by atoms with van der Waals surface area (Å²) < 4.78 is 3.93. The first-order valence-electron chi connectivity index (χ1n) is 6.44. The van der Waals surface area contributed by atoms with E-state index in [4.69, 9.17) is 27.9 Å². The number of ether oxygens (including phenoxy) is 1. The summed E-state index contributed by atoms with van der Waals surface area (Å²) in [5, 5.41) is 0.429. The third-order valence-electron chi connectivity index (χ3n) is 3.57. The summed E-state index contributed by atoms with van der Waals surface area (Å²) in [4.78, 5) is 30.3. The van der Waals surface area contributed by atoms with Crippen molar-refractivity contribution in [1.82, 2.24) is 4.98 Å². The smallest absolute Gasteiger partial charge is 0.350 e. The lowest BCUT2D eigenvalue weighted by molar-refractivity contribution is -0.122. The summed E-state index contributed by atoms with van der Waals surface area (Å²) in [5.41, 5.74) is -0.272. The highest BCUT2D eigenvalue weighted by molar-refractivity contribution is 7.17. The van der Waals surface area contributed by atoms with Crippen LogP contribution in [0.2, 0.25) is 0 Å². The summed E-state index contributed by atoms with van der Waals surface area (Å²) >= 11 is 13.2. The van der Waals surface area contributed by atoms with Crippen LogP contribution in [0.25, 0.3) is 0 Å². The number of alkyl halides is 2. The molecule has 5 nitrogen and oxygen atoms in total. The molecule has 1 fully saturated rings. The Labute approximate surface area is 137 Å². The molecule has 0 N–H and O–H groups in total. The quantitative estimate of drug-likeness (QED) is 0.618. The van der Waals surface area contributed by atoms with Crippen molar-refractivity contribution in [1.29, 1.82) is 0 Å². The molecule has 1 aliphatic carbocycles. The molecule has 1 heterocycles. The van der Waals surface area contributed by atoms with Gasteiger partial charge in [-0.3, -0.25) is 9.69 Å². The highest BCUT2D eigenvalue weighted by Crippen LogP contribution is 2.64. The highest BCUT2D eigenvalue weighted by atomic mass is 35.5. The van der Waals surface area contributed by atoms with Gasteiger partial charge < -0.3 is 4.74 Å². The lowest BCUT2D eigenvalue weighted by Gasteiger charge is -2.19. The van der Waals surface area contributed by atoms with Crippen molar-refractivity contribution in [3.63, 3.8) is 0 Å². The zero-order valence-corrected chi connectivity index (χ0v) is 14.5. The van der Waals surface area contributed by atoms with E-state index in [2.05, 4.69) is 4.98 Å². The molecule has 0 aliphatic heterocycles. The van der Waals surface area contributed by atoms with Crippen molar-refractivity contribution in [2.75, 3.05) is 18.6 Å². The number of carbonyl (C=O) groups is 2. The third-order valence-corrected chi connectivity index (χ3v) is 5.88. The lowest BCUT2D eigenvalue weighted by Crippen LogP contribution is -2.35. The van der Waals surface area contributed by atoms with E-state index in [9.17, 15) is 9.59 Å². The van der Waals surface area contributed by atoms with Crippen LogP contribution in [-0.4, -0.2) is 34.8 Å². The standard InChI is InChI=1S/C13H16Cl2N2O3S/c1-5-20-9(18)8-7(2)16-11(21-8)17(4)10(19)12(3)6-13(12,14)15/h5-6H2,1-4H3. The van der Waals surface area contributed by atoms with Gasteiger partial charge in [-0.15, -0.1) is 23.2 Å². The molecule has 0 radical (unpaired) electrons. The Morgan fingerprint density at radius 1 is 1.48 bits per heavy atom. The van der Waals surface area contributed by atoms with Gasteiger partial charge in [-0.2, -0.15) is 0 Å². The minimum absolute atomic E-state index is 0.211. The van der Waals surface area contributed by atoms with Crippen molar-refractivity contribution in [3.8, 4) is 0 Å². The Morgan fingerprint density at radius 2 is 2.05 bits per heavy atom. The Bertz CT molecular complexity index is 602. The van der Waals surface area contributed by atoms with E-state index in [1.807, 2.05) is 0 Å². The van der Waals surface area contributed by atoms with Gasteiger partial charge in [-0.25, -0.2) is 9.78 Å². The molecule has 1 aliphatic rings. The number of nitrogens with zero attached hydrogens (tertiary/aromatic N) is 2. The van der Waals surface area contributed by atoms with Gasteiger partial charge in [0.1, 0.15) is 9.21 Å². The summed E-state index contributed by atoms with van der Waals surface area (Å²) in [6.45, 7) is 5.45. The average Bonchev–Trinajstić information content (AvgIpc) is 2.74. The van der Waals surface area contributed by atoms with Gasteiger partial charge in [0, 0.05) is 7.05 Å². The number of rotatable bonds is 4. The van der Waals surface area contributed by atoms with Crippen LogP contribution in [0, 0.1) is 12.3 Å². The Morgan fingerprint density at radius 3 is 2.52 bits per heavy atom. The number of hydrogen-bond acceptors (Lipinski definition) is 5. The summed E-state index contributed by atoms with van der Waals surface area (Å²) in [6.07, 6.45) is 0.404. The maximum Gasteiger partial charge on any atom is 0.350 e. The maximum absolute atomic E-state index is 12.5. The maximum atomic E-state index is 12.5. The number of thiazole rings is 1. The van der Waals surface area contributed by atoms with E-state index in [0.717, 1.165) is 11.3 Å². The van der Waals surface area contributed by atoms with Crippen LogP contribution in [0.15, 0.2) is 0 Å². The van der Waals surface area contributed by atoms with Crippen LogP contribution < -0.4 is 4.90 Å². The van der Waals surface area contributed by atoms with E-state index in [1.54, 1.807) is 27.8 Å². The number of anilines is 1. The highest BCUT2D eigenvalue weighted by Gasteiger charge is 2.68. The zero-order chi connectivity index (χ0) is 16.0. The molecule has 2 rings (SSSR count). The van der Waals surface area contributed by atoms with Gasteiger partial charge in [0.2, 0.25) is 5.91 Å². The van der Waals surface area contributed by atoms with Crippen LogP contribution in [0.3, 0.4) is 0 Å². The first-order chi connectivity index (χ1) is 9.64. The van der Waals surface area contributed by atoms with E-state index >= 15 is 0 Å². The largest absolute Gasteiger partial charge is 0.462 e. The Kier molecular flexibility index (Phi) is 4.26. The second-order valence-corrected chi connectivity index (χ2v) is 7.67. The van der Waals surface area contributed by atoms with Crippen LogP contribution in [-0.2, 0) is 9.53 Å². The topological polar surface area (TPSA) is 59.5 Å². The number of hydrogen-bond donors (Lipinski definition) is 0. The molecule has 1 saturated carbocycles. The SMILES string of the molecule is CCOC(=O)c1sc(N(C)C(=O)C2(C)CC2(Cl)Cl)nc1C. The van der Waals surface area contributed by atoms with Gasteiger partial charge in [-0.1, -0.05) is 11.3 Å². The van der Waals surface area contributed by atoms with E-state index < -0.39 is 15.7 Å². The zero-order valence-electron chi connectivity index (χ0n) is 12.2. The summed E-state index contributed by atoms with van der Waals surface area (Å²) in [6, 6.07) is 0. The van der Waals surface area contributed by atoms with E-state index in [0.29, 0.717) is 28.7 Å². The predicted octanol–water partition coefficient (Wildman–Crippen LogP) is 3.17. The van der Waals surface area contributed by atoms with Crippen LogP contribution in [0.1, 0.15) is 35.6 Å². The second-order valence-electron chi connectivity index (χ2n) is 5.21.